The van der Waals surface area contributed by atoms with Crippen molar-refractivity contribution in [3.05, 3.63) is 68.8 Å². The number of aliphatic hydroxyl groups is 1. The Morgan fingerprint density at radius 1 is 1.09 bits per heavy atom. The lowest BCUT2D eigenvalue weighted by molar-refractivity contribution is 0.0913. The highest BCUT2D eigenvalue weighted by Crippen LogP contribution is 2.33. The van der Waals surface area contributed by atoms with Crippen LogP contribution in [0.25, 0.3) is 16.9 Å². The Morgan fingerprint density at radius 2 is 1.76 bits per heavy atom. The smallest absolute Gasteiger partial charge is 0.273 e. The van der Waals surface area contributed by atoms with Crippen LogP contribution in [0.1, 0.15) is 49.7 Å². The van der Waals surface area contributed by atoms with Crippen LogP contribution >= 0.6 is 34.8 Å². The Labute approximate surface area is 208 Å². The maximum Gasteiger partial charge on any atom is 0.273 e. The number of halogens is 3. The summed E-state index contributed by atoms with van der Waals surface area (Å²) in [6.07, 6.45) is 1.01. The van der Waals surface area contributed by atoms with Gasteiger partial charge in [0.2, 0.25) is 0 Å². The average molecular weight is 505 g/mol. The number of carbonyl (C=O) groups excluding carboxylic acids is 1. The molecule has 0 saturated heterocycles. The summed E-state index contributed by atoms with van der Waals surface area (Å²) in [7, 11) is 0. The van der Waals surface area contributed by atoms with Crippen molar-refractivity contribution in [3.8, 4) is 28.8 Å². The third-order valence-electron chi connectivity index (χ3n) is 4.52. The second-order valence-electron chi connectivity index (χ2n) is 8.42. The lowest BCUT2D eigenvalue weighted by Crippen LogP contribution is -2.41. The number of hydrogen-bond acceptors (Lipinski definition) is 3. The lowest BCUT2D eigenvalue weighted by atomic mass is 10.0. The number of unbranched alkanes of at least 4 members (excludes halogenated alkanes) is 1. The summed E-state index contributed by atoms with van der Waals surface area (Å²) in [5, 5.41) is 18.2. The maximum absolute atomic E-state index is 13.2. The van der Waals surface area contributed by atoms with Gasteiger partial charge in [0.15, 0.2) is 5.69 Å². The van der Waals surface area contributed by atoms with Gasteiger partial charge >= 0.3 is 0 Å². The molecule has 0 spiro atoms. The molecule has 1 heterocycles. The zero-order chi connectivity index (χ0) is 24.2. The van der Waals surface area contributed by atoms with E-state index in [9.17, 15) is 4.79 Å². The zero-order valence-corrected chi connectivity index (χ0v) is 20.8. The summed E-state index contributed by atoms with van der Waals surface area (Å²) >= 11 is 18.7. The van der Waals surface area contributed by atoms with E-state index in [1.54, 1.807) is 35.0 Å². The third kappa shape index (κ3) is 6.31. The summed E-state index contributed by atoms with van der Waals surface area (Å²) < 4.78 is 1.61. The quantitative estimate of drug-likeness (QED) is 0.323. The van der Waals surface area contributed by atoms with Gasteiger partial charge in [-0.1, -0.05) is 58.8 Å². The minimum absolute atomic E-state index is 0.0374. The highest BCUT2D eigenvalue weighted by atomic mass is 35.5. The highest BCUT2D eigenvalue weighted by molar-refractivity contribution is 6.35. The third-order valence-corrected chi connectivity index (χ3v) is 5.31. The maximum atomic E-state index is 13.2. The van der Waals surface area contributed by atoms with E-state index in [4.69, 9.17) is 39.9 Å². The van der Waals surface area contributed by atoms with Crippen molar-refractivity contribution >= 4 is 40.7 Å². The van der Waals surface area contributed by atoms with E-state index < -0.39 is 5.54 Å². The molecule has 172 valence electrons. The van der Waals surface area contributed by atoms with Crippen molar-refractivity contribution in [1.29, 1.82) is 0 Å². The molecule has 0 saturated carbocycles. The number of carbonyl (C=O) groups is 1. The molecular formula is C25H24Cl3N3O2. The van der Waals surface area contributed by atoms with Crippen molar-refractivity contribution in [3.63, 3.8) is 0 Å². The molecule has 0 aliphatic rings. The van der Waals surface area contributed by atoms with Crippen molar-refractivity contribution in [2.24, 2.45) is 0 Å². The van der Waals surface area contributed by atoms with E-state index >= 15 is 0 Å². The van der Waals surface area contributed by atoms with Crippen LogP contribution < -0.4 is 5.32 Å². The van der Waals surface area contributed by atoms with Crippen LogP contribution in [0.5, 0.6) is 0 Å². The van der Waals surface area contributed by atoms with Crippen LogP contribution in [0.4, 0.5) is 0 Å². The predicted molar refractivity (Wildman–Crippen MR) is 134 cm³/mol. The summed E-state index contributed by atoms with van der Waals surface area (Å²) in [6, 6.07) is 12.3. The van der Waals surface area contributed by atoms with Gasteiger partial charge in [0, 0.05) is 34.2 Å². The Bertz CT molecular complexity index is 1220. The molecule has 5 nitrogen and oxygen atoms in total. The van der Waals surface area contributed by atoms with Crippen molar-refractivity contribution < 1.29 is 9.90 Å². The molecule has 3 aromatic rings. The number of hydrogen-bond donors (Lipinski definition) is 2. The Balaban J connectivity index is 2.31. The fourth-order valence-electron chi connectivity index (χ4n) is 3.12. The second-order valence-corrected chi connectivity index (χ2v) is 9.70. The number of rotatable bonds is 5. The SMILES string of the molecule is CC(C)(C)NC(=O)c1nn(-c2ccc(Cl)cc2Cl)c(-c2ccc(Cl)cc2)c1C#CCCCO. The average Bonchev–Trinajstić information content (AvgIpc) is 3.10. The molecule has 33 heavy (non-hydrogen) atoms. The molecule has 2 N–H and O–H groups in total. The van der Waals surface area contributed by atoms with E-state index in [0.717, 1.165) is 5.56 Å². The lowest BCUT2D eigenvalue weighted by Gasteiger charge is -2.19. The number of nitrogens with one attached hydrogen (secondary N) is 1. The van der Waals surface area contributed by atoms with Gasteiger partial charge in [-0.3, -0.25) is 4.79 Å². The van der Waals surface area contributed by atoms with Gasteiger partial charge in [-0.25, -0.2) is 4.68 Å². The monoisotopic (exact) mass is 503 g/mol. The number of aliphatic hydroxyl groups excluding tert-OH is 1. The molecule has 8 heteroatoms. The number of amides is 1. The normalized spacial score (nSPS) is 11.1. The molecule has 0 bridgehead atoms. The topological polar surface area (TPSA) is 67.2 Å². The molecule has 1 amide bonds. The number of nitrogens with zero attached hydrogens (tertiary/aromatic N) is 2. The summed E-state index contributed by atoms with van der Waals surface area (Å²) in [4.78, 5) is 13.2. The highest BCUT2D eigenvalue weighted by Gasteiger charge is 2.27. The van der Waals surface area contributed by atoms with Gasteiger partial charge in [0.05, 0.1) is 22.0 Å². The summed E-state index contributed by atoms with van der Waals surface area (Å²) in [5.74, 6) is 5.80. The number of benzene rings is 2. The summed E-state index contributed by atoms with van der Waals surface area (Å²) in [6.45, 7) is 5.72. The van der Waals surface area contributed by atoms with Crippen molar-refractivity contribution in [2.75, 3.05) is 6.61 Å². The predicted octanol–water partition coefficient (Wildman–Crippen LogP) is 6.15. The van der Waals surface area contributed by atoms with Gasteiger partial charge in [0.1, 0.15) is 0 Å². The fourth-order valence-corrected chi connectivity index (χ4v) is 3.73. The van der Waals surface area contributed by atoms with Crippen LogP contribution in [0, 0.1) is 11.8 Å². The van der Waals surface area contributed by atoms with E-state index in [1.165, 1.54) is 0 Å². The van der Waals surface area contributed by atoms with Crippen molar-refractivity contribution in [2.45, 2.75) is 39.2 Å². The molecule has 0 aliphatic heterocycles. The Morgan fingerprint density at radius 3 is 2.36 bits per heavy atom. The first-order valence-electron chi connectivity index (χ1n) is 10.4. The van der Waals surface area contributed by atoms with E-state index in [2.05, 4.69) is 22.3 Å². The molecule has 0 radical (unpaired) electrons. The van der Waals surface area contributed by atoms with Crippen molar-refractivity contribution in [1.82, 2.24) is 15.1 Å². The molecule has 0 unspecified atom stereocenters. The van der Waals surface area contributed by atoms with Gasteiger partial charge in [-0.15, -0.1) is 0 Å². The zero-order valence-electron chi connectivity index (χ0n) is 18.5. The molecule has 0 atom stereocenters. The molecule has 0 fully saturated rings. The first kappa shape index (κ1) is 25.1. The largest absolute Gasteiger partial charge is 0.396 e. The van der Waals surface area contributed by atoms with Gasteiger partial charge in [0.25, 0.3) is 5.91 Å². The van der Waals surface area contributed by atoms with Gasteiger partial charge < -0.3 is 10.4 Å². The second kappa shape index (κ2) is 10.6. The minimum atomic E-state index is -0.471. The van der Waals surface area contributed by atoms with E-state index in [1.807, 2.05) is 32.9 Å². The molecule has 1 aromatic heterocycles. The number of aromatic nitrogens is 2. The molecule has 0 aliphatic carbocycles. The minimum Gasteiger partial charge on any atom is -0.396 e. The Hall–Kier alpha value is -2.49. The van der Waals surface area contributed by atoms with Crippen LogP contribution in [0.2, 0.25) is 15.1 Å². The first-order chi connectivity index (χ1) is 15.6. The van der Waals surface area contributed by atoms with Crippen LogP contribution in [0.15, 0.2) is 42.5 Å². The fraction of sp³-hybridized carbons (Fsp3) is 0.280. The van der Waals surface area contributed by atoms with Gasteiger partial charge in [-0.2, -0.15) is 5.10 Å². The molecule has 3 rings (SSSR count). The van der Waals surface area contributed by atoms with E-state index in [0.29, 0.717) is 44.9 Å². The van der Waals surface area contributed by atoms with Gasteiger partial charge in [-0.05, 0) is 57.5 Å². The first-order valence-corrected chi connectivity index (χ1v) is 11.5. The van der Waals surface area contributed by atoms with E-state index in [-0.39, 0.29) is 18.2 Å². The standard InChI is InChI=1S/C25H24Cl3N3O2/c1-25(2,3)29-24(33)22-19(7-5-4-6-14-32)23(16-8-10-17(26)11-9-16)31(30-22)21-13-12-18(27)15-20(21)28/h8-13,15,32H,4,6,14H2,1-3H3,(H,29,33). The Kier molecular flexibility index (Phi) is 8.10. The van der Waals surface area contributed by atoms with Crippen LogP contribution in [0.3, 0.4) is 0 Å². The van der Waals surface area contributed by atoms with Crippen LogP contribution in [-0.2, 0) is 0 Å². The summed E-state index contributed by atoms with van der Waals surface area (Å²) in [5.41, 5.74) is 2.09. The molecule has 2 aromatic carbocycles. The van der Waals surface area contributed by atoms with Crippen LogP contribution in [-0.4, -0.2) is 32.9 Å². The molecular weight excluding hydrogens is 481 g/mol.